The van der Waals surface area contributed by atoms with Gasteiger partial charge in [0.1, 0.15) is 0 Å². The second-order valence-electron chi connectivity index (χ2n) is 6.11. The number of alkyl halides is 3. The molecule has 1 N–H and O–H groups in total. The van der Waals surface area contributed by atoms with Crippen LogP contribution in [0.2, 0.25) is 0 Å². The molecule has 122 valence electrons. The van der Waals surface area contributed by atoms with Crippen LogP contribution in [0.15, 0.2) is 24.3 Å². The van der Waals surface area contributed by atoms with Gasteiger partial charge in [-0.1, -0.05) is 12.1 Å². The van der Waals surface area contributed by atoms with E-state index in [1.54, 1.807) is 0 Å². The Hall–Kier alpha value is -1.11. The van der Waals surface area contributed by atoms with E-state index >= 15 is 0 Å². The van der Waals surface area contributed by atoms with Gasteiger partial charge in [-0.15, -0.1) is 0 Å². The lowest BCUT2D eigenvalue weighted by atomic mass is 10.0. The number of aliphatic hydroxyl groups is 1. The van der Waals surface area contributed by atoms with Crippen LogP contribution in [0.5, 0.6) is 0 Å². The summed E-state index contributed by atoms with van der Waals surface area (Å²) >= 11 is 0. The first-order valence-electron chi connectivity index (χ1n) is 7.64. The summed E-state index contributed by atoms with van der Waals surface area (Å²) < 4.78 is 43.5. The third-order valence-corrected chi connectivity index (χ3v) is 4.47. The average Bonchev–Trinajstić information content (AvgIpc) is 3.08. The molecule has 0 bridgehead atoms. The fourth-order valence-electron chi connectivity index (χ4n) is 3.37. The van der Waals surface area contributed by atoms with E-state index in [1.807, 2.05) is 0 Å². The van der Waals surface area contributed by atoms with Gasteiger partial charge in [-0.25, -0.2) is 0 Å². The van der Waals surface area contributed by atoms with Gasteiger partial charge in [0.15, 0.2) is 0 Å². The number of β-amino-alcohol motifs (C(OH)–C–C–N with tert-alkyl or cyclic N) is 1. The summed E-state index contributed by atoms with van der Waals surface area (Å²) in [6.45, 7) is 2.04. The first kappa shape index (κ1) is 15.8. The molecule has 0 saturated carbocycles. The zero-order chi connectivity index (χ0) is 15.7. The Labute approximate surface area is 127 Å². The number of hydrogen-bond acceptors (Lipinski definition) is 3. The van der Waals surface area contributed by atoms with Gasteiger partial charge in [0.2, 0.25) is 0 Å². The lowest BCUT2D eigenvalue weighted by Crippen LogP contribution is -2.32. The van der Waals surface area contributed by atoms with Crippen molar-refractivity contribution in [1.82, 2.24) is 4.90 Å². The number of nitrogens with zero attached hydrogens (tertiary/aromatic N) is 1. The van der Waals surface area contributed by atoms with Crippen LogP contribution in [0.1, 0.15) is 36.4 Å². The van der Waals surface area contributed by atoms with Crippen LogP contribution < -0.4 is 0 Å². The van der Waals surface area contributed by atoms with Gasteiger partial charge in [-0.2, -0.15) is 13.2 Å². The Kier molecular flexibility index (Phi) is 4.43. The van der Waals surface area contributed by atoms with Crippen molar-refractivity contribution in [3.8, 4) is 0 Å². The Bertz CT molecular complexity index is 497. The number of hydrogen-bond donors (Lipinski definition) is 1. The van der Waals surface area contributed by atoms with Gasteiger partial charge in [-0.05, 0) is 37.0 Å². The molecule has 1 aromatic rings. The first-order chi connectivity index (χ1) is 10.4. The molecule has 3 rings (SSSR count). The maximum atomic E-state index is 12.6. The molecule has 22 heavy (non-hydrogen) atoms. The van der Waals surface area contributed by atoms with E-state index in [2.05, 4.69) is 4.90 Å². The largest absolute Gasteiger partial charge is 0.416 e. The van der Waals surface area contributed by atoms with Crippen molar-refractivity contribution in [2.75, 3.05) is 19.7 Å². The molecule has 0 spiro atoms. The molecule has 0 radical (unpaired) electrons. The minimum atomic E-state index is -4.31. The second-order valence-corrected chi connectivity index (χ2v) is 6.11. The van der Waals surface area contributed by atoms with Crippen molar-refractivity contribution in [3.05, 3.63) is 35.4 Å². The zero-order valence-electron chi connectivity index (χ0n) is 12.2. The van der Waals surface area contributed by atoms with Crippen LogP contribution in [-0.4, -0.2) is 41.9 Å². The minimum Gasteiger partial charge on any atom is -0.392 e. The van der Waals surface area contributed by atoms with Crippen LogP contribution in [0.4, 0.5) is 13.2 Å². The van der Waals surface area contributed by atoms with E-state index in [0.29, 0.717) is 13.0 Å². The van der Waals surface area contributed by atoms with E-state index in [9.17, 15) is 18.3 Å². The first-order valence-corrected chi connectivity index (χ1v) is 7.64. The van der Waals surface area contributed by atoms with E-state index < -0.39 is 17.8 Å². The Morgan fingerprint density at radius 3 is 2.55 bits per heavy atom. The summed E-state index contributed by atoms with van der Waals surface area (Å²) in [7, 11) is 0. The molecule has 0 aliphatic carbocycles. The standard InChI is InChI=1S/C16H20F3NO2/c17-16(18,19)12-5-3-11(4-6-12)15-8-13(21)9-20(15)10-14-2-1-7-22-14/h3-6,13-15,21H,1-2,7-10H2. The van der Waals surface area contributed by atoms with Gasteiger partial charge in [0.05, 0.1) is 17.8 Å². The Balaban J connectivity index is 1.73. The maximum Gasteiger partial charge on any atom is 0.416 e. The molecule has 0 aromatic heterocycles. The highest BCUT2D eigenvalue weighted by molar-refractivity contribution is 5.27. The smallest absolute Gasteiger partial charge is 0.392 e. The molecule has 3 nitrogen and oxygen atoms in total. The third kappa shape index (κ3) is 3.45. The quantitative estimate of drug-likeness (QED) is 0.931. The molecule has 6 heteroatoms. The predicted octanol–water partition coefficient (Wildman–Crippen LogP) is 2.99. The van der Waals surface area contributed by atoms with Crippen molar-refractivity contribution in [3.63, 3.8) is 0 Å². The number of ether oxygens (including phenoxy) is 1. The normalized spacial score (nSPS) is 30.1. The number of halogens is 3. The molecular formula is C16H20F3NO2. The number of likely N-dealkylation sites (tertiary alicyclic amines) is 1. The van der Waals surface area contributed by atoms with E-state index in [1.165, 1.54) is 12.1 Å². The summed E-state index contributed by atoms with van der Waals surface area (Å²) in [5.74, 6) is 0. The van der Waals surface area contributed by atoms with Gasteiger partial charge in [0, 0.05) is 25.7 Å². The summed E-state index contributed by atoms with van der Waals surface area (Å²) in [6, 6.07) is 5.23. The molecule has 2 fully saturated rings. The van der Waals surface area contributed by atoms with Crippen molar-refractivity contribution >= 4 is 0 Å². The minimum absolute atomic E-state index is 0.0403. The topological polar surface area (TPSA) is 32.7 Å². The lowest BCUT2D eigenvalue weighted by molar-refractivity contribution is -0.137. The van der Waals surface area contributed by atoms with E-state index in [0.717, 1.165) is 43.7 Å². The molecule has 2 saturated heterocycles. The van der Waals surface area contributed by atoms with Crippen LogP contribution in [0.25, 0.3) is 0 Å². The van der Waals surface area contributed by atoms with Crippen LogP contribution in [0, 0.1) is 0 Å². The number of rotatable bonds is 3. The molecule has 1 aromatic carbocycles. The molecule has 2 aliphatic heterocycles. The van der Waals surface area contributed by atoms with Crippen molar-refractivity contribution in [2.24, 2.45) is 0 Å². The zero-order valence-corrected chi connectivity index (χ0v) is 12.2. The summed E-state index contributed by atoms with van der Waals surface area (Å²) in [6.07, 6.45) is -1.97. The second kappa shape index (κ2) is 6.18. The molecule has 0 amide bonds. The fraction of sp³-hybridized carbons (Fsp3) is 0.625. The number of benzene rings is 1. The van der Waals surface area contributed by atoms with Gasteiger partial charge < -0.3 is 9.84 Å². The van der Waals surface area contributed by atoms with Crippen molar-refractivity contribution < 1.29 is 23.0 Å². The SMILES string of the molecule is OC1CC(c2ccc(C(F)(F)F)cc2)N(CC2CCCO2)C1. The third-order valence-electron chi connectivity index (χ3n) is 4.47. The highest BCUT2D eigenvalue weighted by Crippen LogP contribution is 2.35. The van der Waals surface area contributed by atoms with Crippen LogP contribution in [-0.2, 0) is 10.9 Å². The van der Waals surface area contributed by atoms with Crippen LogP contribution >= 0.6 is 0 Å². The lowest BCUT2D eigenvalue weighted by Gasteiger charge is -2.27. The summed E-state index contributed by atoms with van der Waals surface area (Å²) in [4.78, 5) is 2.13. The van der Waals surface area contributed by atoms with Gasteiger partial charge in [-0.3, -0.25) is 4.90 Å². The number of aliphatic hydroxyl groups excluding tert-OH is 1. The highest BCUT2D eigenvalue weighted by atomic mass is 19.4. The van der Waals surface area contributed by atoms with Crippen LogP contribution in [0.3, 0.4) is 0 Å². The monoisotopic (exact) mass is 315 g/mol. The molecule has 2 heterocycles. The molecule has 3 atom stereocenters. The van der Waals surface area contributed by atoms with Crippen molar-refractivity contribution in [2.45, 2.75) is 43.7 Å². The van der Waals surface area contributed by atoms with E-state index in [-0.39, 0.29) is 12.1 Å². The molecule has 3 unspecified atom stereocenters. The van der Waals surface area contributed by atoms with Gasteiger partial charge in [0.25, 0.3) is 0 Å². The predicted molar refractivity (Wildman–Crippen MR) is 75.4 cm³/mol. The Morgan fingerprint density at radius 1 is 1.23 bits per heavy atom. The average molecular weight is 315 g/mol. The molecule has 2 aliphatic rings. The highest BCUT2D eigenvalue weighted by Gasteiger charge is 2.35. The maximum absolute atomic E-state index is 12.6. The van der Waals surface area contributed by atoms with E-state index in [4.69, 9.17) is 4.74 Å². The Morgan fingerprint density at radius 2 is 1.95 bits per heavy atom. The summed E-state index contributed by atoms with van der Waals surface area (Å²) in [5, 5.41) is 9.93. The molecular weight excluding hydrogens is 295 g/mol. The van der Waals surface area contributed by atoms with Crippen molar-refractivity contribution in [1.29, 1.82) is 0 Å². The summed E-state index contributed by atoms with van der Waals surface area (Å²) in [5.41, 5.74) is 0.183. The van der Waals surface area contributed by atoms with Gasteiger partial charge >= 0.3 is 6.18 Å². The fourth-order valence-corrected chi connectivity index (χ4v) is 3.37.